The highest BCUT2D eigenvalue weighted by atomic mass is 35.5. The van der Waals surface area contributed by atoms with E-state index in [1.165, 1.54) is 0 Å². The number of aromatic nitrogens is 3. The van der Waals surface area contributed by atoms with Crippen LogP contribution in [0.1, 0.15) is 10.4 Å². The van der Waals surface area contributed by atoms with E-state index in [9.17, 15) is 4.79 Å². The number of nitrogen functional groups attached to an aromatic ring is 1. The lowest BCUT2D eigenvalue weighted by Crippen LogP contribution is -2.11. The third kappa shape index (κ3) is 3.45. The second kappa shape index (κ2) is 7.17. The van der Waals surface area contributed by atoms with Gasteiger partial charge in [0.25, 0.3) is 0 Å². The number of halogens is 1. The van der Waals surface area contributed by atoms with Crippen LogP contribution in [0.2, 0.25) is 5.02 Å². The van der Waals surface area contributed by atoms with Crippen LogP contribution < -0.4 is 11.5 Å². The molecule has 7 heteroatoms. The van der Waals surface area contributed by atoms with Crippen molar-refractivity contribution in [1.82, 2.24) is 15.4 Å². The highest BCUT2D eigenvalue weighted by molar-refractivity contribution is 6.31. The molecule has 0 fully saturated rings. The van der Waals surface area contributed by atoms with Crippen LogP contribution >= 0.6 is 11.6 Å². The number of carbonyl (C=O) groups is 1. The first-order chi connectivity index (χ1) is 13.5. The molecule has 0 aliphatic carbocycles. The van der Waals surface area contributed by atoms with Gasteiger partial charge in [-0.25, -0.2) is 0 Å². The molecule has 0 aliphatic rings. The van der Waals surface area contributed by atoms with Gasteiger partial charge in [-0.1, -0.05) is 41.9 Å². The summed E-state index contributed by atoms with van der Waals surface area (Å²) in [6.07, 6.45) is 1.66. The Hall–Kier alpha value is -3.64. The first-order valence-electron chi connectivity index (χ1n) is 8.48. The standard InChI is InChI=1S/C21H16ClN5O/c22-17-5-6-18(19(23)10-17)15-7-14(8-16(9-15)21(24)28)12-1-3-13(4-2-12)20-11-25-27-26-20/h1-11H,23H2,(H2,24,28)(H,25,26,27). The average Bonchev–Trinajstić information content (AvgIpc) is 3.22. The molecule has 0 atom stereocenters. The third-order valence-electron chi connectivity index (χ3n) is 4.47. The summed E-state index contributed by atoms with van der Waals surface area (Å²) in [5.41, 5.74) is 17.7. The number of nitrogens with two attached hydrogens (primary N) is 2. The fourth-order valence-electron chi connectivity index (χ4n) is 3.06. The molecule has 0 saturated carbocycles. The van der Waals surface area contributed by atoms with Crippen molar-refractivity contribution < 1.29 is 4.79 Å². The number of carbonyl (C=O) groups excluding carboxylic acids is 1. The van der Waals surface area contributed by atoms with Gasteiger partial charge in [-0.3, -0.25) is 4.79 Å². The number of anilines is 1. The van der Waals surface area contributed by atoms with Gasteiger partial charge >= 0.3 is 0 Å². The van der Waals surface area contributed by atoms with Crippen molar-refractivity contribution in [2.45, 2.75) is 0 Å². The summed E-state index contributed by atoms with van der Waals surface area (Å²) in [5.74, 6) is -0.505. The van der Waals surface area contributed by atoms with E-state index in [4.69, 9.17) is 23.1 Å². The molecule has 3 aromatic carbocycles. The Morgan fingerprint density at radius 3 is 2.25 bits per heavy atom. The number of H-pyrrole nitrogens is 1. The quantitative estimate of drug-likeness (QED) is 0.455. The highest BCUT2D eigenvalue weighted by Crippen LogP contribution is 2.33. The van der Waals surface area contributed by atoms with E-state index in [2.05, 4.69) is 15.4 Å². The molecule has 0 unspecified atom stereocenters. The minimum Gasteiger partial charge on any atom is -0.398 e. The number of hydrogen-bond acceptors (Lipinski definition) is 4. The van der Waals surface area contributed by atoms with Gasteiger partial charge in [-0.2, -0.15) is 15.4 Å². The van der Waals surface area contributed by atoms with E-state index in [1.807, 2.05) is 36.4 Å². The molecule has 5 N–H and O–H groups in total. The van der Waals surface area contributed by atoms with Gasteiger partial charge in [0.15, 0.2) is 0 Å². The molecule has 1 heterocycles. The minimum absolute atomic E-state index is 0.405. The SMILES string of the molecule is NC(=O)c1cc(-c2ccc(-c3cn[nH]n3)cc2)cc(-c2ccc(Cl)cc2N)c1. The monoisotopic (exact) mass is 389 g/mol. The number of nitrogens with zero attached hydrogens (tertiary/aromatic N) is 2. The molecule has 1 amide bonds. The molecular weight excluding hydrogens is 374 g/mol. The Morgan fingerprint density at radius 1 is 0.893 bits per heavy atom. The smallest absolute Gasteiger partial charge is 0.248 e. The van der Waals surface area contributed by atoms with Crippen LogP contribution in [0.5, 0.6) is 0 Å². The molecule has 0 spiro atoms. The number of rotatable bonds is 4. The average molecular weight is 390 g/mol. The predicted molar refractivity (Wildman–Crippen MR) is 111 cm³/mol. The number of amides is 1. The first kappa shape index (κ1) is 17.8. The van der Waals surface area contributed by atoms with Crippen molar-refractivity contribution in [3.63, 3.8) is 0 Å². The van der Waals surface area contributed by atoms with E-state index in [1.54, 1.807) is 30.5 Å². The first-order valence-corrected chi connectivity index (χ1v) is 8.86. The number of primary amides is 1. The Morgan fingerprint density at radius 2 is 1.61 bits per heavy atom. The van der Waals surface area contributed by atoms with Gasteiger partial charge in [0.2, 0.25) is 5.91 Å². The molecule has 138 valence electrons. The molecule has 0 aliphatic heterocycles. The predicted octanol–water partition coefficient (Wildman–Crippen LogP) is 4.14. The molecular formula is C21H16ClN5O. The second-order valence-electron chi connectivity index (χ2n) is 6.33. The van der Waals surface area contributed by atoms with Crippen molar-refractivity contribution >= 4 is 23.2 Å². The van der Waals surface area contributed by atoms with Crippen LogP contribution in [0.4, 0.5) is 5.69 Å². The molecule has 0 bridgehead atoms. The maximum atomic E-state index is 11.9. The lowest BCUT2D eigenvalue weighted by molar-refractivity contribution is 0.100. The van der Waals surface area contributed by atoms with Crippen LogP contribution in [0, 0.1) is 0 Å². The summed E-state index contributed by atoms with van der Waals surface area (Å²) < 4.78 is 0. The molecule has 28 heavy (non-hydrogen) atoms. The maximum Gasteiger partial charge on any atom is 0.248 e. The van der Waals surface area contributed by atoms with Crippen molar-refractivity contribution in [2.75, 3.05) is 5.73 Å². The van der Waals surface area contributed by atoms with Crippen LogP contribution in [-0.2, 0) is 0 Å². The van der Waals surface area contributed by atoms with Crippen LogP contribution in [0.3, 0.4) is 0 Å². The van der Waals surface area contributed by atoms with E-state index in [-0.39, 0.29) is 0 Å². The summed E-state index contributed by atoms with van der Waals surface area (Å²) in [7, 11) is 0. The summed E-state index contributed by atoms with van der Waals surface area (Å²) in [6.45, 7) is 0. The molecule has 4 aromatic rings. The fourth-order valence-corrected chi connectivity index (χ4v) is 3.24. The Labute approximate surface area is 166 Å². The zero-order valence-electron chi connectivity index (χ0n) is 14.7. The van der Waals surface area contributed by atoms with E-state index >= 15 is 0 Å². The zero-order chi connectivity index (χ0) is 19.7. The minimum atomic E-state index is -0.505. The van der Waals surface area contributed by atoms with E-state index in [0.29, 0.717) is 16.3 Å². The molecule has 0 saturated heterocycles. The Bertz CT molecular complexity index is 1150. The number of nitrogens with one attached hydrogen (secondary N) is 1. The van der Waals surface area contributed by atoms with Gasteiger partial charge in [0.05, 0.1) is 6.20 Å². The largest absolute Gasteiger partial charge is 0.398 e. The fraction of sp³-hybridized carbons (Fsp3) is 0. The lowest BCUT2D eigenvalue weighted by atomic mass is 9.94. The topological polar surface area (TPSA) is 111 Å². The van der Waals surface area contributed by atoms with Crippen LogP contribution in [-0.4, -0.2) is 21.3 Å². The van der Waals surface area contributed by atoms with Crippen molar-refractivity contribution in [3.05, 3.63) is 77.4 Å². The Kier molecular flexibility index (Phi) is 4.55. The number of aromatic amines is 1. The number of hydrogen-bond donors (Lipinski definition) is 3. The van der Waals surface area contributed by atoms with Gasteiger partial charge in [-0.05, 0) is 47.0 Å². The highest BCUT2D eigenvalue weighted by Gasteiger charge is 2.11. The van der Waals surface area contributed by atoms with Crippen molar-refractivity contribution in [1.29, 1.82) is 0 Å². The molecule has 1 aromatic heterocycles. The molecule has 0 radical (unpaired) electrons. The lowest BCUT2D eigenvalue weighted by Gasteiger charge is -2.11. The van der Waals surface area contributed by atoms with Crippen molar-refractivity contribution in [3.8, 4) is 33.5 Å². The van der Waals surface area contributed by atoms with Gasteiger partial charge in [0, 0.05) is 27.4 Å². The van der Waals surface area contributed by atoms with Gasteiger partial charge in [0.1, 0.15) is 5.69 Å². The van der Waals surface area contributed by atoms with Gasteiger partial charge in [-0.15, -0.1) is 0 Å². The summed E-state index contributed by atoms with van der Waals surface area (Å²) in [4.78, 5) is 11.9. The zero-order valence-corrected chi connectivity index (χ0v) is 15.4. The normalized spacial score (nSPS) is 10.8. The summed E-state index contributed by atoms with van der Waals surface area (Å²) in [5, 5.41) is 11.0. The van der Waals surface area contributed by atoms with Crippen LogP contribution in [0.15, 0.2) is 66.9 Å². The summed E-state index contributed by atoms with van der Waals surface area (Å²) >= 11 is 6.00. The van der Waals surface area contributed by atoms with Crippen molar-refractivity contribution in [2.24, 2.45) is 5.73 Å². The Balaban J connectivity index is 1.80. The van der Waals surface area contributed by atoms with Crippen LogP contribution in [0.25, 0.3) is 33.5 Å². The van der Waals surface area contributed by atoms with E-state index in [0.717, 1.165) is 33.5 Å². The molecule has 6 nitrogen and oxygen atoms in total. The van der Waals surface area contributed by atoms with Gasteiger partial charge < -0.3 is 11.5 Å². The maximum absolute atomic E-state index is 11.9. The van der Waals surface area contributed by atoms with E-state index < -0.39 is 5.91 Å². The third-order valence-corrected chi connectivity index (χ3v) is 4.71. The summed E-state index contributed by atoms with van der Waals surface area (Å²) in [6, 6.07) is 18.5. The molecule has 4 rings (SSSR count). The number of benzene rings is 3. The second-order valence-corrected chi connectivity index (χ2v) is 6.76.